The summed E-state index contributed by atoms with van der Waals surface area (Å²) < 4.78 is 7.06. The molecular formula is C18H17NO3. The molecule has 3 rings (SSSR count). The van der Waals surface area contributed by atoms with Crippen molar-refractivity contribution in [3.63, 3.8) is 0 Å². The van der Waals surface area contributed by atoms with E-state index in [4.69, 9.17) is 4.74 Å². The van der Waals surface area contributed by atoms with E-state index in [1.807, 2.05) is 28.8 Å². The molecule has 1 aliphatic heterocycles. The van der Waals surface area contributed by atoms with Crippen LogP contribution in [0.1, 0.15) is 34.1 Å². The van der Waals surface area contributed by atoms with Gasteiger partial charge in [-0.2, -0.15) is 0 Å². The van der Waals surface area contributed by atoms with E-state index in [9.17, 15) is 9.59 Å². The normalized spacial score (nSPS) is 16.1. The van der Waals surface area contributed by atoms with E-state index in [0.717, 1.165) is 5.69 Å². The van der Waals surface area contributed by atoms with Gasteiger partial charge in [-0.05, 0) is 18.6 Å². The number of ketones is 1. The van der Waals surface area contributed by atoms with Crippen molar-refractivity contribution in [1.82, 2.24) is 4.57 Å². The van der Waals surface area contributed by atoms with Crippen molar-refractivity contribution in [2.24, 2.45) is 0 Å². The van der Waals surface area contributed by atoms with Gasteiger partial charge in [0.1, 0.15) is 6.61 Å². The Morgan fingerprint density at radius 3 is 2.73 bits per heavy atom. The van der Waals surface area contributed by atoms with Gasteiger partial charge in [-0.25, -0.2) is 0 Å². The van der Waals surface area contributed by atoms with E-state index < -0.39 is 0 Å². The number of carbonyl (C=O) groups is 2. The monoisotopic (exact) mass is 295 g/mol. The van der Waals surface area contributed by atoms with Crippen LogP contribution in [0.25, 0.3) is 0 Å². The number of fused-ring (bicyclic) bond motifs is 1. The number of rotatable bonds is 5. The number of nitrogens with zero attached hydrogens (tertiary/aromatic N) is 1. The van der Waals surface area contributed by atoms with E-state index in [1.165, 1.54) is 0 Å². The minimum Gasteiger partial charge on any atom is -0.461 e. The molecule has 1 aromatic carbocycles. The Morgan fingerprint density at radius 2 is 2.00 bits per heavy atom. The Morgan fingerprint density at radius 1 is 1.23 bits per heavy atom. The molecule has 2 aromatic rings. The highest BCUT2D eigenvalue weighted by molar-refractivity contribution is 6.08. The van der Waals surface area contributed by atoms with Crippen molar-refractivity contribution in [2.75, 3.05) is 6.61 Å². The van der Waals surface area contributed by atoms with Crippen molar-refractivity contribution >= 4 is 11.8 Å². The average molecular weight is 295 g/mol. The maximum atomic E-state index is 12.6. The summed E-state index contributed by atoms with van der Waals surface area (Å²) >= 11 is 0. The molecule has 0 radical (unpaired) electrons. The zero-order valence-electron chi connectivity index (χ0n) is 12.2. The molecule has 22 heavy (non-hydrogen) atoms. The third-order valence-corrected chi connectivity index (χ3v) is 3.91. The standard InChI is InChI=1S/C18H17NO3/c1-2-12-22-18(21)14-10-11-19-15(14)8-9-16(19)17(20)13-6-4-3-5-7-13/h2-9,14H,1,10-12H2. The van der Waals surface area contributed by atoms with Crippen LogP contribution in [0.5, 0.6) is 0 Å². The van der Waals surface area contributed by atoms with Gasteiger partial charge >= 0.3 is 5.97 Å². The van der Waals surface area contributed by atoms with Gasteiger partial charge in [-0.3, -0.25) is 9.59 Å². The highest BCUT2D eigenvalue weighted by Crippen LogP contribution is 2.32. The molecule has 0 saturated heterocycles. The van der Waals surface area contributed by atoms with Crippen LogP contribution in [0.3, 0.4) is 0 Å². The fourth-order valence-electron chi connectivity index (χ4n) is 2.86. The van der Waals surface area contributed by atoms with Crippen LogP contribution in [-0.4, -0.2) is 22.9 Å². The molecule has 2 heterocycles. The maximum Gasteiger partial charge on any atom is 0.315 e. The van der Waals surface area contributed by atoms with Gasteiger partial charge in [0.2, 0.25) is 5.78 Å². The molecule has 1 aliphatic rings. The van der Waals surface area contributed by atoms with E-state index in [2.05, 4.69) is 6.58 Å². The lowest BCUT2D eigenvalue weighted by atomic mass is 10.1. The molecule has 0 bridgehead atoms. The maximum absolute atomic E-state index is 12.6. The lowest BCUT2D eigenvalue weighted by Gasteiger charge is -2.08. The fraction of sp³-hybridized carbons (Fsp3) is 0.222. The van der Waals surface area contributed by atoms with Crippen molar-refractivity contribution in [1.29, 1.82) is 0 Å². The number of esters is 1. The number of aromatic nitrogens is 1. The van der Waals surface area contributed by atoms with Crippen molar-refractivity contribution < 1.29 is 14.3 Å². The van der Waals surface area contributed by atoms with Gasteiger partial charge in [-0.15, -0.1) is 0 Å². The first-order chi connectivity index (χ1) is 10.7. The first-order valence-electron chi connectivity index (χ1n) is 7.29. The highest BCUT2D eigenvalue weighted by atomic mass is 16.5. The Bertz CT molecular complexity index is 715. The molecule has 4 heteroatoms. The SMILES string of the molecule is C=CCOC(=O)C1CCn2c(C(=O)c3ccccc3)ccc21. The summed E-state index contributed by atoms with van der Waals surface area (Å²) in [5.41, 5.74) is 2.13. The zero-order valence-corrected chi connectivity index (χ0v) is 12.2. The van der Waals surface area contributed by atoms with E-state index in [0.29, 0.717) is 24.2 Å². The molecule has 0 amide bonds. The Balaban J connectivity index is 1.85. The van der Waals surface area contributed by atoms with Gasteiger partial charge in [-0.1, -0.05) is 43.0 Å². The summed E-state index contributed by atoms with van der Waals surface area (Å²) in [7, 11) is 0. The molecule has 0 saturated carbocycles. The summed E-state index contributed by atoms with van der Waals surface area (Å²) in [6.07, 6.45) is 2.22. The topological polar surface area (TPSA) is 48.3 Å². The minimum atomic E-state index is -0.294. The second-order valence-corrected chi connectivity index (χ2v) is 5.25. The molecule has 0 aliphatic carbocycles. The van der Waals surface area contributed by atoms with Crippen LogP contribution in [0, 0.1) is 0 Å². The van der Waals surface area contributed by atoms with Crippen LogP contribution in [-0.2, 0) is 16.1 Å². The van der Waals surface area contributed by atoms with Gasteiger partial charge in [0, 0.05) is 17.8 Å². The van der Waals surface area contributed by atoms with Gasteiger partial charge in [0.25, 0.3) is 0 Å². The Labute approximate surface area is 129 Å². The lowest BCUT2D eigenvalue weighted by Crippen LogP contribution is -2.14. The predicted molar refractivity (Wildman–Crippen MR) is 82.8 cm³/mol. The number of benzene rings is 1. The second kappa shape index (κ2) is 6.02. The van der Waals surface area contributed by atoms with Gasteiger partial charge in [0.15, 0.2) is 0 Å². The average Bonchev–Trinajstić information content (AvgIpc) is 3.14. The molecule has 1 atom stereocenters. The number of hydrogen-bond acceptors (Lipinski definition) is 3. The van der Waals surface area contributed by atoms with E-state index in [1.54, 1.807) is 24.3 Å². The summed E-state index contributed by atoms with van der Waals surface area (Å²) in [4.78, 5) is 24.6. The fourth-order valence-corrected chi connectivity index (χ4v) is 2.86. The highest BCUT2D eigenvalue weighted by Gasteiger charge is 2.32. The summed E-state index contributed by atoms with van der Waals surface area (Å²) in [6, 6.07) is 12.8. The predicted octanol–water partition coefficient (Wildman–Crippen LogP) is 2.94. The summed E-state index contributed by atoms with van der Waals surface area (Å²) in [6.45, 7) is 4.41. The molecule has 1 unspecified atom stereocenters. The first kappa shape index (κ1) is 14.3. The van der Waals surface area contributed by atoms with Gasteiger partial charge in [0.05, 0.1) is 11.6 Å². The molecule has 0 N–H and O–H groups in total. The molecule has 0 fully saturated rings. The summed E-state index contributed by atoms with van der Waals surface area (Å²) in [5.74, 6) is -0.570. The van der Waals surface area contributed by atoms with Crippen LogP contribution in [0.15, 0.2) is 55.1 Å². The van der Waals surface area contributed by atoms with Crippen LogP contribution in [0.4, 0.5) is 0 Å². The van der Waals surface area contributed by atoms with E-state index >= 15 is 0 Å². The molecular weight excluding hydrogens is 278 g/mol. The molecule has 4 nitrogen and oxygen atoms in total. The lowest BCUT2D eigenvalue weighted by molar-refractivity contribution is -0.144. The van der Waals surface area contributed by atoms with Crippen LogP contribution < -0.4 is 0 Å². The summed E-state index contributed by atoms with van der Waals surface area (Å²) in [5, 5.41) is 0. The quantitative estimate of drug-likeness (QED) is 0.484. The van der Waals surface area contributed by atoms with Crippen molar-refractivity contribution in [3.05, 3.63) is 72.1 Å². The molecule has 0 spiro atoms. The largest absolute Gasteiger partial charge is 0.461 e. The van der Waals surface area contributed by atoms with Crippen LogP contribution in [0.2, 0.25) is 0 Å². The number of carbonyl (C=O) groups excluding carboxylic acids is 2. The molecule has 112 valence electrons. The van der Waals surface area contributed by atoms with Crippen molar-refractivity contribution in [2.45, 2.75) is 18.9 Å². The second-order valence-electron chi connectivity index (χ2n) is 5.25. The minimum absolute atomic E-state index is 0.0213. The Kier molecular flexibility index (Phi) is 3.92. The van der Waals surface area contributed by atoms with Crippen molar-refractivity contribution in [3.8, 4) is 0 Å². The third kappa shape index (κ3) is 2.48. The number of hydrogen-bond donors (Lipinski definition) is 0. The zero-order chi connectivity index (χ0) is 15.5. The number of ether oxygens (including phenoxy) is 1. The Hall–Kier alpha value is -2.62. The van der Waals surface area contributed by atoms with E-state index in [-0.39, 0.29) is 24.3 Å². The third-order valence-electron chi connectivity index (χ3n) is 3.91. The van der Waals surface area contributed by atoms with Gasteiger partial charge < -0.3 is 9.30 Å². The first-order valence-corrected chi connectivity index (χ1v) is 7.29. The molecule has 1 aromatic heterocycles. The smallest absolute Gasteiger partial charge is 0.315 e. The van der Waals surface area contributed by atoms with Crippen LogP contribution >= 0.6 is 0 Å².